The monoisotopic (exact) mass is 563 g/mol. The summed E-state index contributed by atoms with van der Waals surface area (Å²) in [6.45, 7) is 11.6. The molecule has 11 heteroatoms. The zero-order valence-corrected chi connectivity index (χ0v) is 24.5. The molecule has 208 valence electrons. The Morgan fingerprint density at radius 1 is 1.13 bits per heavy atom. The van der Waals surface area contributed by atoms with Crippen LogP contribution in [0, 0.1) is 11.3 Å². The number of hydrogen-bond donors (Lipinski definition) is 2. The Balaban J connectivity index is 0.000000272. The van der Waals surface area contributed by atoms with Gasteiger partial charge in [0.1, 0.15) is 11.4 Å². The fraction of sp³-hybridized carbons (Fsp3) is 0.593. The van der Waals surface area contributed by atoms with Crippen molar-refractivity contribution in [3.8, 4) is 6.07 Å². The molecule has 0 radical (unpaired) electrons. The SMILES string of the molecule is CC(C)(C#N)Nc1nc(Cl)nc(NC2CC2)n1.CCCOCCN(C(=O)CCl)c1c(CC)cccc1CC. The van der Waals surface area contributed by atoms with E-state index < -0.39 is 5.54 Å². The fourth-order valence-electron chi connectivity index (χ4n) is 3.59. The molecule has 0 spiro atoms. The predicted molar refractivity (Wildman–Crippen MR) is 154 cm³/mol. The fourth-order valence-corrected chi connectivity index (χ4v) is 3.89. The Kier molecular flexibility index (Phi) is 13.0. The van der Waals surface area contributed by atoms with Crippen molar-refractivity contribution in [1.29, 1.82) is 5.26 Å². The second-order valence-electron chi connectivity index (χ2n) is 9.46. The second-order valence-corrected chi connectivity index (χ2v) is 10.1. The smallest absolute Gasteiger partial charge is 0.242 e. The molecule has 2 N–H and O–H groups in total. The molecule has 2 aromatic rings. The molecule has 1 fully saturated rings. The molecule has 1 heterocycles. The van der Waals surface area contributed by atoms with Gasteiger partial charge in [-0.05, 0) is 68.7 Å². The molecule has 1 aliphatic rings. The van der Waals surface area contributed by atoms with Crippen molar-refractivity contribution < 1.29 is 9.53 Å². The highest BCUT2D eigenvalue weighted by Gasteiger charge is 2.24. The Hall–Kier alpha value is -2.67. The molecule has 0 atom stereocenters. The topological polar surface area (TPSA) is 116 Å². The van der Waals surface area contributed by atoms with Gasteiger partial charge in [0, 0.05) is 19.2 Å². The van der Waals surface area contributed by atoms with E-state index >= 15 is 0 Å². The molecule has 0 aliphatic heterocycles. The number of hydrogen-bond acceptors (Lipinski definition) is 8. The standard InChI is InChI=1S/C17H26ClNO2.C10H13ClN6/c1-4-11-21-12-10-19(16(20)13-18)17-14(5-2)8-7-9-15(17)6-3;1-10(2,5-12)17-9-15-7(11)14-8(16-9)13-6-3-4-6/h7-9H,4-6,10-13H2,1-3H3;6H,3-4H2,1-2H3,(H2,13,14,15,16,17). The summed E-state index contributed by atoms with van der Waals surface area (Å²) in [5.74, 6) is 0.686. The summed E-state index contributed by atoms with van der Waals surface area (Å²) < 4.78 is 5.54. The number of alkyl halides is 1. The summed E-state index contributed by atoms with van der Waals surface area (Å²) in [5, 5.41) is 15.1. The Morgan fingerprint density at radius 2 is 1.76 bits per heavy atom. The van der Waals surface area contributed by atoms with Crippen molar-refractivity contribution >= 4 is 46.7 Å². The molecule has 1 amide bonds. The van der Waals surface area contributed by atoms with Gasteiger partial charge < -0.3 is 20.3 Å². The molecule has 0 unspecified atom stereocenters. The summed E-state index contributed by atoms with van der Waals surface area (Å²) in [5.41, 5.74) is 2.64. The Morgan fingerprint density at radius 3 is 2.29 bits per heavy atom. The summed E-state index contributed by atoms with van der Waals surface area (Å²) in [6.07, 6.45) is 5.01. The Bertz CT molecular complexity index is 1070. The number of carbonyl (C=O) groups is 1. The van der Waals surface area contributed by atoms with Crippen molar-refractivity contribution in [1.82, 2.24) is 15.0 Å². The van der Waals surface area contributed by atoms with Crippen LogP contribution < -0.4 is 15.5 Å². The number of aryl methyl sites for hydroxylation is 2. The minimum absolute atomic E-state index is 0.00498. The first-order valence-electron chi connectivity index (χ1n) is 13.1. The van der Waals surface area contributed by atoms with E-state index in [1.807, 2.05) is 0 Å². The average molecular weight is 565 g/mol. The molecule has 1 saturated carbocycles. The van der Waals surface area contributed by atoms with Crippen LogP contribution in [0.5, 0.6) is 0 Å². The Labute approximate surface area is 236 Å². The number of ether oxygens (including phenoxy) is 1. The van der Waals surface area contributed by atoms with E-state index in [-0.39, 0.29) is 17.1 Å². The lowest BCUT2D eigenvalue weighted by Gasteiger charge is -2.27. The third-order valence-electron chi connectivity index (χ3n) is 5.68. The van der Waals surface area contributed by atoms with E-state index in [9.17, 15) is 4.79 Å². The third-order valence-corrected chi connectivity index (χ3v) is 6.08. The third kappa shape index (κ3) is 10.2. The maximum absolute atomic E-state index is 12.3. The maximum Gasteiger partial charge on any atom is 0.242 e. The van der Waals surface area contributed by atoms with Crippen LogP contribution in [-0.2, 0) is 22.4 Å². The van der Waals surface area contributed by atoms with Gasteiger partial charge in [-0.25, -0.2) is 0 Å². The van der Waals surface area contributed by atoms with Gasteiger partial charge in [0.15, 0.2) is 0 Å². The van der Waals surface area contributed by atoms with Crippen LogP contribution >= 0.6 is 23.2 Å². The maximum atomic E-state index is 12.3. The van der Waals surface area contributed by atoms with Crippen LogP contribution in [0.1, 0.15) is 65.0 Å². The minimum atomic E-state index is -0.748. The average Bonchev–Trinajstić information content (AvgIpc) is 3.71. The van der Waals surface area contributed by atoms with Crippen molar-refractivity contribution in [2.45, 2.75) is 78.3 Å². The number of anilines is 3. The van der Waals surface area contributed by atoms with Gasteiger partial charge in [-0.2, -0.15) is 20.2 Å². The van der Waals surface area contributed by atoms with Gasteiger partial charge in [0.05, 0.1) is 18.4 Å². The van der Waals surface area contributed by atoms with Gasteiger partial charge in [-0.3, -0.25) is 4.79 Å². The number of nitriles is 1. The number of nitrogens with one attached hydrogen (secondary N) is 2. The molecule has 9 nitrogen and oxygen atoms in total. The number of amides is 1. The van der Waals surface area contributed by atoms with Crippen LogP contribution in [0.3, 0.4) is 0 Å². The van der Waals surface area contributed by atoms with Crippen LogP contribution in [0.2, 0.25) is 5.28 Å². The number of aromatic nitrogens is 3. The van der Waals surface area contributed by atoms with Gasteiger partial charge in [-0.15, -0.1) is 11.6 Å². The number of benzene rings is 1. The zero-order valence-electron chi connectivity index (χ0n) is 23.0. The van der Waals surface area contributed by atoms with E-state index in [0.717, 1.165) is 44.4 Å². The van der Waals surface area contributed by atoms with Gasteiger partial charge in [0.2, 0.25) is 23.1 Å². The van der Waals surface area contributed by atoms with Crippen molar-refractivity contribution in [3.63, 3.8) is 0 Å². The summed E-state index contributed by atoms with van der Waals surface area (Å²) in [6, 6.07) is 8.75. The number of nitrogens with zero attached hydrogens (tertiary/aromatic N) is 5. The normalized spacial score (nSPS) is 12.7. The van der Waals surface area contributed by atoms with Crippen LogP contribution in [0.4, 0.5) is 17.6 Å². The van der Waals surface area contributed by atoms with E-state index in [1.165, 1.54) is 11.1 Å². The molecule has 38 heavy (non-hydrogen) atoms. The highest BCUT2D eigenvalue weighted by Crippen LogP contribution is 2.27. The minimum Gasteiger partial charge on any atom is -0.380 e. The van der Waals surface area contributed by atoms with Crippen LogP contribution in [0.15, 0.2) is 18.2 Å². The first kappa shape index (κ1) is 31.5. The number of halogens is 2. The summed E-state index contributed by atoms with van der Waals surface area (Å²) >= 11 is 11.6. The lowest BCUT2D eigenvalue weighted by Crippen LogP contribution is -2.36. The van der Waals surface area contributed by atoms with Crippen molar-refractivity contribution in [3.05, 3.63) is 34.6 Å². The highest BCUT2D eigenvalue weighted by atomic mass is 35.5. The van der Waals surface area contributed by atoms with E-state index in [4.69, 9.17) is 33.2 Å². The van der Waals surface area contributed by atoms with Crippen molar-refractivity contribution in [2.24, 2.45) is 0 Å². The lowest BCUT2D eigenvalue weighted by atomic mass is 10.0. The van der Waals surface area contributed by atoms with Crippen molar-refractivity contribution in [2.75, 3.05) is 41.2 Å². The molecular formula is C27H39Cl2N7O2. The van der Waals surface area contributed by atoms with E-state index in [2.05, 4.69) is 70.6 Å². The number of para-hydroxylation sites is 1. The first-order valence-corrected chi connectivity index (χ1v) is 14.0. The summed E-state index contributed by atoms with van der Waals surface area (Å²) in [7, 11) is 0. The molecule has 0 bridgehead atoms. The molecule has 3 rings (SSSR count). The van der Waals surface area contributed by atoms with Crippen LogP contribution in [0.25, 0.3) is 0 Å². The van der Waals surface area contributed by atoms with E-state index in [0.29, 0.717) is 31.1 Å². The van der Waals surface area contributed by atoms with Gasteiger partial charge in [-0.1, -0.05) is 39.0 Å². The molecular weight excluding hydrogens is 525 g/mol. The first-order chi connectivity index (χ1) is 18.2. The molecule has 1 aliphatic carbocycles. The quantitative estimate of drug-likeness (QED) is 0.238. The number of carbonyl (C=O) groups excluding carboxylic acids is 1. The largest absolute Gasteiger partial charge is 0.380 e. The molecule has 1 aromatic heterocycles. The highest BCUT2D eigenvalue weighted by molar-refractivity contribution is 6.29. The second kappa shape index (κ2) is 15.7. The summed E-state index contributed by atoms with van der Waals surface area (Å²) in [4.78, 5) is 26.1. The number of rotatable bonds is 13. The van der Waals surface area contributed by atoms with Crippen LogP contribution in [-0.4, -0.2) is 58.1 Å². The molecule has 0 saturated heterocycles. The van der Waals surface area contributed by atoms with Gasteiger partial charge >= 0.3 is 0 Å². The molecule has 1 aromatic carbocycles. The predicted octanol–water partition coefficient (Wildman–Crippen LogP) is 5.62. The zero-order chi connectivity index (χ0) is 28.1. The lowest BCUT2D eigenvalue weighted by molar-refractivity contribution is -0.116. The van der Waals surface area contributed by atoms with E-state index in [1.54, 1.807) is 18.7 Å². The van der Waals surface area contributed by atoms with Gasteiger partial charge in [0.25, 0.3) is 0 Å².